The van der Waals surface area contributed by atoms with Crippen LogP contribution in [0.15, 0.2) is 72.8 Å². The fraction of sp³-hybridized carbons (Fsp3) is 0.321. The van der Waals surface area contributed by atoms with E-state index in [1.807, 2.05) is 86.6 Å². The third-order valence-electron chi connectivity index (χ3n) is 5.29. The molecule has 0 saturated heterocycles. The summed E-state index contributed by atoms with van der Waals surface area (Å²) < 4.78 is 5.23. The van der Waals surface area contributed by atoms with Gasteiger partial charge in [-0.3, -0.25) is 9.59 Å². The van der Waals surface area contributed by atoms with Gasteiger partial charge in [0.25, 0.3) is 5.91 Å². The molecule has 0 bridgehead atoms. The van der Waals surface area contributed by atoms with Gasteiger partial charge in [0.1, 0.15) is 18.2 Å². The number of benzene rings is 3. The van der Waals surface area contributed by atoms with Crippen LogP contribution in [0.2, 0.25) is 0 Å². The second-order valence-electron chi connectivity index (χ2n) is 9.61. The number of fused-ring (bicyclic) bond motifs is 1. The maximum atomic E-state index is 13.6. The molecular weight excluding hydrogens is 442 g/mol. The molecule has 7 nitrogen and oxygen atoms in total. The maximum absolute atomic E-state index is 13.6. The van der Waals surface area contributed by atoms with Gasteiger partial charge >= 0.3 is 6.09 Å². The zero-order valence-electron chi connectivity index (χ0n) is 20.9. The van der Waals surface area contributed by atoms with Crippen molar-refractivity contribution >= 4 is 34.4 Å². The molecule has 184 valence electrons. The summed E-state index contributed by atoms with van der Waals surface area (Å²) in [5.74, 6) is -0.737. The Labute approximate surface area is 206 Å². The van der Waals surface area contributed by atoms with Gasteiger partial charge in [-0.05, 0) is 63.1 Å². The van der Waals surface area contributed by atoms with Gasteiger partial charge in [0, 0.05) is 11.7 Å². The van der Waals surface area contributed by atoms with Crippen molar-refractivity contribution in [3.05, 3.63) is 78.4 Å². The third kappa shape index (κ3) is 7.06. The predicted molar refractivity (Wildman–Crippen MR) is 138 cm³/mol. The van der Waals surface area contributed by atoms with Crippen LogP contribution in [0.3, 0.4) is 0 Å². The Kier molecular flexibility index (Phi) is 8.12. The van der Waals surface area contributed by atoms with E-state index in [9.17, 15) is 14.4 Å². The molecule has 3 aromatic rings. The van der Waals surface area contributed by atoms with E-state index in [1.165, 1.54) is 4.90 Å². The molecule has 0 aliphatic heterocycles. The molecule has 0 spiro atoms. The molecular formula is C28H33N3O4. The lowest BCUT2D eigenvalue weighted by molar-refractivity contribution is -0.140. The average molecular weight is 476 g/mol. The number of hydrogen-bond acceptors (Lipinski definition) is 4. The molecule has 0 saturated carbocycles. The molecule has 35 heavy (non-hydrogen) atoms. The summed E-state index contributed by atoms with van der Waals surface area (Å²) in [6.45, 7) is 8.63. The Bertz CT molecular complexity index is 1190. The van der Waals surface area contributed by atoms with Gasteiger partial charge in [0.2, 0.25) is 5.91 Å². The monoisotopic (exact) mass is 475 g/mol. The molecule has 0 heterocycles. The van der Waals surface area contributed by atoms with Crippen LogP contribution in [0.1, 0.15) is 46.2 Å². The van der Waals surface area contributed by atoms with Crippen LogP contribution in [0, 0.1) is 0 Å². The summed E-state index contributed by atoms with van der Waals surface area (Å²) in [6, 6.07) is 21.5. The summed E-state index contributed by atoms with van der Waals surface area (Å²) >= 11 is 0. The molecule has 0 aliphatic rings. The number of ether oxygens (including phenoxy) is 1. The molecule has 0 aromatic heterocycles. The highest BCUT2D eigenvalue weighted by atomic mass is 16.6. The van der Waals surface area contributed by atoms with Crippen molar-refractivity contribution in [3.63, 3.8) is 0 Å². The quantitative estimate of drug-likeness (QED) is 0.487. The van der Waals surface area contributed by atoms with E-state index in [1.54, 1.807) is 20.8 Å². The van der Waals surface area contributed by atoms with Crippen LogP contribution < -0.4 is 10.6 Å². The van der Waals surface area contributed by atoms with Crippen molar-refractivity contribution in [2.24, 2.45) is 0 Å². The van der Waals surface area contributed by atoms with Gasteiger partial charge in [-0.2, -0.15) is 0 Å². The van der Waals surface area contributed by atoms with Crippen LogP contribution in [0.5, 0.6) is 0 Å². The van der Waals surface area contributed by atoms with Crippen molar-refractivity contribution < 1.29 is 19.1 Å². The molecule has 1 atom stereocenters. The predicted octanol–water partition coefficient (Wildman–Crippen LogP) is 5.28. The van der Waals surface area contributed by atoms with E-state index in [4.69, 9.17) is 4.74 Å². The molecule has 0 radical (unpaired) electrons. The highest BCUT2D eigenvalue weighted by molar-refractivity contribution is 6.00. The minimum atomic E-state index is -0.893. The number of anilines is 1. The van der Waals surface area contributed by atoms with Crippen molar-refractivity contribution in [2.75, 3.05) is 11.9 Å². The number of rotatable bonds is 7. The lowest BCUT2D eigenvalue weighted by atomic mass is 10.0. The van der Waals surface area contributed by atoms with E-state index in [-0.39, 0.29) is 18.5 Å². The first-order valence-corrected chi connectivity index (χ1v) is 11.7. The zero-order valence-corrected chi connectivity index (χ0v) is 20.9. The van der Waals surface area contributed by atoms with Crippen molar-refractivity contribution in [3.8, 4) is 0 Å². The average Bonchev–Trinajstić information content (AvgIpc) is 2.80. The minimum absolute atomic E-state index is 0.292. The number of carbonyl (C=O) groups excluding carboxylic acids is 3. The van der Waals surface area contributed by atoms with Crippen LogP contribution in [-0.2, 0) is 14.3 Å². The highest BCUT2D eigenvalue weighted by Gasteiger charge is 2.33. The number of alkyl carbamates (subject to hydrolysis) is 1. The lowest BCUT2D eigenvalue weighted by Gasteiger charge is -2.34. The van der Waals surface area contributed by atoms with Crippen molar-refractivity contribution in [2.45, 2.75) is 52.3 Å². The number of nitrogens with one attached hydrogen (secondary N) is 2. The van der Waals surface area contributed by atoms with Gasteiger partial charge in [0.05, 0.1) is 0 Å². The van der Waals surface area contributed by atoms with Gasteiger partial charge in [0.15, 0.2) is 0 Å². The summed E-state index contributed by atoms with van der Waals surface area (Å²) in [4.78, 5) is 40.5. The topological polar surface area (TPSA) is 87.7 Å². The fourth-order valence-electron chi connectivity index (χ4n) is 3.83. The highest BCUT2D eigenvalue weighted by Crippen LogP contribution is 2.26. The summed E-state index contributed by atoms with van der Waals surface area (Å²) in [5, 5.41) is 7.55. The van der Waals surface area contributed by atoms with Crippen LogP contribution in [0.4, 0.5) is 10.5 Å². The van der Waals surface area contributed by atoms with Crippen LogP contribution >= 0.6 is 0 Å². The first kappa shape index (κ1) is 25.7. The second-order valence-corrected chi connectivity index (χ2v) is 9.61. The molecule has 3 rings (SSSR count). The first-order chi connectivity index (χ1) is 16.5. The lowest BCUT2D eigenvalue weighted by Crippen LogP contribution is -2.49. The summed E-state index contributed by atoms with van der Waals surface area (Å²) in [5.41, 5.74) is 0.625. The molecule has 0 fully saturated rings. The minimum Gasteiger partial charge on any atom is -0.444 e. The number of hydrogen-bond donors (Lipinski definition) is 2. The molecule has 1 unspecified atom stereocenters. The third-order valence-corrected chi connectivity index (χ3v) is 5.29. The second kappa shape index (κ2) is 11.0. The van der Waals surface area contributed by atoms with E-state index >= 15 is 0 Å². The Morgan fingerprint density at radius 3 is 2.14 bits per heavy atom. The number of amides is 3. The normalized spacial score (nSPS) is 12.2. The van der Waals surface area contributed by atoms with Crippen molar-refractivity contribution in [1.29, 1.82) is 0 Å². The summed E-state index contributed by atoms with van der Waals surface area (Å²) in [6.07, 6.45) is -0.688. The molecule has 2 N–H and O–H groups in total. The van der Waals surface area contributed by atoms with Gasteiger partial charge in [-0.25, -0.2) is 4.79 Å². The number of carbonyl (C=O) groups is 3. The summed E-state index contributed by atoms with van der Waals surface area (Å²) in [7, 11) is 0. The Balaban J connectivity index is 1.86. The first-order valence-electron chi connectivity index (χ1n) is 11.7. The fourth-order valence-corrected chi connectivity index (χ4v) is 3.83. The van der Waals surface area contributed by atoms with Crippen LogP contribution in [-0.4, -0.2) is 41.0 Å². The van der Waals surface area contributed by atoms with E-state index < -0.39 is 23.6 Å². The Morgan fingerprint density at radius 1 is 0.886 bits per heavy atom. The van der Waals surface area contributed by atoms with E-state index in [2.05, 4.69) is 10.6 Å². The smallest absolute Gasteiger partial charge is 0.408 e. The maximum Gasteiger partial charge on any atom is 0.408 e. The Morgan fingerprint density at radius 2 is 1.51 bits per heavy atom. The SMILES string of the molecule is CC(C)N(C(=O)CNC(=O)OC(C)(C)C)C(C(=O)Nc1ccc2ccccc2c1)c1ccccc1. The van der Waals surface area contributed by atoms with E-state index in [0.717, 1.165) is 10.8 Å². The van der Waals surface area contributed by atoms with Gasteiger partial charge in [-0.1, -0.05) is 60.7 Å². The Hall–Kier alpha value is -3.87. The van der Waals surface area contributed by atoms with Gasteiger partial charge < -0.3 is 20.3 Å². The largest absolute Gasteiger partial charge is 0.444 e. The van der Waals surface area contributed by atoms with E-state index in [0.29, 0.717) is 11.3 Å². The standard InChI is InChI=1S/C28H33N3O4/c1-19(2)31(24(32)18-29-27(34)35-28(3,4)5)25(21-12-7-6-8-13-21)26(33)30-23-16-15-20-11-9-10-14-22(20)17-23/h6-17,19,25H,18H2,1-5H3,(H,29,34)(H,30,33). The molecule has 0 aliphatic carbocycles. The number of nitrogens with zero attached hydrogens (tertiary/aromatic N) is 1. The molecule has 3 amide bonds. The molecule has 7 heteroatoms. The van der Waals surface area contributed by atoms with Crippen molar-refractivity contribution in [1.82, 2.24) is 10.2 Å². The zero-order chi connectivity index (χ0) is 25.6. The van der Waals surface area contributed by atoms with Gasteiger partial charge in [-0.15, -0.1) is 0 Å². The van der Waals surface area contributed by atoms with Crippen LogP contribution in [0.25, 0.3) is 10.8 Å². The molecule has 3 aromatic carbocycles.